The average molecular weight is 302 g/mol. The number of carbonyl (C=O) groups is 1. The van der Waals surface area contributed by atoms with Gasteiger partial charge in [0.05, 0.1) is 18.3 Å². The van der Waals surface area contributed by atoms with Crippen LogP contribution < -0.4 is 5.32 Å². The molecule has 2 aromatic heterocycles. The highest BCUT2D eigenvalue weighted by atomic mass is 16.5. The first-order valence-electron chi connectivity index (χ1n) is 7.65. The summed E-state index contributed by atoms with van der Waals surface area (Å²) in [5, 5.41) is 6.93. The maximum Gasteiger partial charge on any atom is 0.318 e. The van der Waals surface area contributed by atoms with Gasteiger partial charge in [0.25, 0.3) is 0 Å². The van der Waals surface area contributed by atoms with E-state index in [9.17, 15) is 4.79 Å². The lowest BCUT2D eigenvalue weighted by Crippen LogP contribution is -2.39. The third-order valence-corrected chi connectivity index (χ3v) is 4.39. The number of hydrogen-bond acceptors (Lipinski definition) is 3. The lowest BCUT2D eigenvalue weighted by Gasteiger charge is -2.23. The van der Waals surface area contributed by atoms with E-state index in [0.29, 0.717) is 6.54 Å². The van der Waals surface area contributed by atoms with Gasteiger partial charge in [0.2, 0.25) is 0 Å². The van der Waals surface area contributed by atoms with Crippen molar-refractivity contribution >= 4 is 6.03 Å². The van der Waals surface area contributed by atoms with E-state index in [4.69, 9.17) is 4.52 Å². The summed E-state index contributed by atoms with van der Waals surface area (Å²) in [6, 6.07) is 5.96. The van der Waals surface area contributed by atoms with Crippen molar-refractivity contribution in [3.05, 3.63) is 41.0 Å². The molecule has 1 atom stereocenters. The van der Waals surface area contributed by atoms with Gasteiger partial charge in [0.1, 0.15) is 0 Å². The summed E-state index contributed by atoms with van der Waals surface area (Å²) in [4.78, 5) is 14.3. The predicted octanol–water partition coefficient (Wildman–Crippen LogP) is 2.68. The van der Waals surface area contributed by atoms with Gasteiger partial charge in [-0.25, -0.2) is 4.79 Å². The molecule has 0 unspecified atom stereocenters. The lowest BCUT2D eigenvalue weighted by molar-refractivity contribution is 0.181. The zero-order valence-corrected chi connectivity index (χ0v) is 13.3. The van der Waals surface area contributed by atoms with E-state index in [1.54, 1.807) is 0 Å². The van der Waals surface area contributed by atoms with E-state index in [2.05, 4.69) is 21.1 Å². The molecule has 6 nitrogen and oxygen atoms in total. The second kappa shape index (κ2) is 5.87. The summed E-state index contributed by atoms with van der Waals surface area (Å²) >= 11 is 0. The maximum atomic E-state index is 12.5. The zero-order valence-electron chi connectivity index (χ0n) is 13.3. The number of carbonyl (C=O) groups excluding carboxylic acids is 1. The van der Waals surface area contributed by atoms with Crippen LogP contribution in [0.25, 0.3) is 0 Å². The summed E-state index contributed by atoms with van der Waals surface area (Å²) in [7, 11) is 2.01. The van der Waals surface area contributed by atoms with Crippen LogP contribution in [0.5, 0.6) is 0 Å². The van der Waals surface area contributed by atoms with Crippen molar-refractivity contribution in [3.63, 3.8) is 0 Å². The number of aromatic nitrogens is 2. The van der Waals surface area contributed by atoms with Crippen LogP contribution in [0, 0.1) is 13.8 Å². The molecule has 3 heterocycles. The highest BCUT2D eigenvalue weighted by Gasteiger charge is 2.32. The van der Waals surface area contributed by atoms with Crippen LogP contribution >= 0.6 is 0 Å². The van der Waals surface area contributed by atoms with Gasteiger partial charge >= 0.3 is 6.03 Å². The monoisotopic (exact) mass is 302 g/mol. The van der Waals surface area contributed by atoms with E-state index in [1.165, 1.54) is 5.69 Å². The minimum atomic E-state index is -0.0459. The van der Waals surface area contributed by atoms with Crippen molar-refractivity contribution in [1.82, 2.24) is 19.9 Å². The first-order chi connectivity index (χ1) is 10.6. The van der Waals surface area contributed by atoms with E-state index in [0.717, 1.165) is 36.5 Å². The fourth-order valence-corrected chi connectivity index (χ4v) is 2.96. The normalized spacial score (nSPS) is 18.0. The first-order valence-corrected chi connectivity index (χ1v) is 7.65. The van der Waals surface area contributed by atoms with Crippen LogP contribution in [0.1, 0.15) is 41.7 Å². The largest absolute Gasteiger partial charge is 0.359 e. The zero-order chi connectivity index (χ0) is 15.7. The molecule has 22 heavy (non-hydrogen) atoms. The molecule has 0 saturated carbocycles. The Bertz CT molecular complexity index is 673. The van der Waals surface area contributed by atoms with Crippen molar-refractivity contribution in [1.29, 1.82) is 0 Å². The fraction of sp³-hybridized carbons (Fsp3) is 0.500. The van der Waals surface area contributed by atoms with Gasteiger partial charge < -0.3 is 19.3 Å². The Kier molecular flexibility index (Phi) is 3.92. The minimum Gasteiger partial charge on any atom is -0.359 e. The summed E-state index contributed by atoms with van der Waals surface area (Å²) in [6.45, 7) is 5.22. The molecule has 6 heteroatoms. The third-order valence-electron chi connectivity index (χ3n) is 4.39. The van der Waals surface area contributed by atoms with Crippen LogP contribution in [-0.4, -0.2) is 27.2 Å². The van der Waals surface area contributed by atoms with Crippen LogP contribution in [0.15, 0.2) is 22.7 Å². The molecule has 2 aromatic rings. The molecule has 0 aromatic carbocycles. The van der Waals surface area contributed by atoms with Crippen molar-refractivity contribution in [3.8, 4) is 0 Å². The fourth-order valence-electron chi connectivity index (χ4n) is 2.96. The molecule has 2 amide bonds. The second-order valence-corrected chi connectivity index (χ2v) is 5.91. The van der Waals surface area contributed by atoms with Crippen LogP contribution in [0.2, 0.25) is 0 Å². The Morgan fingerprint density at radius 3 is 2.91 bits per heavy atom. The van der Waals surface area contributed by atoms with Crippen molar-refractivity contribution < 1.29 is 9.32 Å². The van der Waals surface area contributed by atoms with Gasteiger partial charge in [0, 0.05) is 31.0 Å². The number of urea groups is 1. The van der Waals surface area contributed by atoms with E-state index in [1.807, 2.05) is 37.9 Å². The van der Waals surface area contributed by atoms with Crippen molar-refractivity contribution in [2.75, 3.05) is 6.54 Å². The molecule has 1 aliphatic heterocycles. The highest BCUT2D eigenvalue weighted by molar-refractivity contribution is 5.75. The summed E-state index contributed by atoms with van der Waals surface area (Å²) in [5.74, 6) is 0.778. The van der Waals surface area contributed by atoms with Crippen LogP contribution in [0.3, 0.4) is 0 Å². The molecule has 1 saturated heterocycles. The minimum absolute atomic E-state index is 0.00338. The van der Waals surface area contributed by atoms with E-state index >= 15 is 0 Å². The Balaban J connectivity index is 1.65. The molecule has 0 spiro atoms. The van der Waals surface area contributed by atoms with Gasteiger partial charge in [-0.3, -0.25) is 0 Å². The number of hydrogen-bond donors (Lipinski definition) is 1. The summed E-state index contributed by atoms with van der Waals surface area (Å²) in [5.41, 5.74) is 3.12. The predicted molar refractivity (Wildman–Crippen MR) is 82.3 cm³/mol. The van der Waals surface area contributed by atoms with Gasteiger partial charge in [-0.2, -0.15) is 0 Å². The maximum absolute atomic E-state index is 12.5. The summed E-state index contributed by atoms with van der Waals surface area (Å²) < 4.78 is 7.42. The molecule has 0 bridgehead atoms. The Labute approximate surface area is 130 Å². The van der Waals surface area contributed by atoms with Crippen molar-refractivity contribution in [2.45, 2.75) is 39.3 Å². The summed E-state index contributed by atoms with van der Waals surface area (Å²) in [6.07, 6.45) is 1.91. The van der Waals surface area contributed by atoms with E-state index < -0.39 is 0 Å². The molecule has 1 aliphatic rings. The smallest absolute Gasteiger partial charge is 0.318 e. The molecule has 118 valence electrons. The number of rotatable bonds is 3. The molecule has 1 N–H and O–H groups in total. The Morgan fingerprint density at radius 1 is 1.45 bits per heavy atom. The molecule has 3 rings (SSSR count). The van der Waals surface area contributed by atoms with Gasteiger partial charge in [-0.15, -0.1) is 0 Å². The van der Waals surface area contributed by atoms with E-state index in [-0.39, 0.29) is 12.1 Å². The SMILES string of the molecule is Cc1cc([C@@H]2CCCN2C(=O)NCc2ccc(C)n2C)on1. The molecule has 1 fully saturated rings. The Hall–Kier alpha value is -2.24. The second-order valence-electron chi connectivity index (χ2n) is 5.91. The lowest BCUT2D eigenvalue weighted by atomic mass is 10.1. The Morgan fingerprint density at radius 2 is 2.27 bits per heavy atom. The van der Waals surface area contributed by atoms with Crippen LogP contribution in [0.4, 0.5) is 4.79 Å². The molecular formula is C16H22N4O2. The third kappa shape index (κ3) is 2.73. The van der Waals surface area contributed by atoms with Crippen molar-refractivity contribution in [2.24, 2.45) is 7.05 Å². The average Bonchev–Trinajstić information content (AvgIpc) is 3.19. The number of aryl methyl sites for hydroxylation is 2. The standard InChI is InChI=1S/C16H22N4O2/c1-11-9-15(22-18-11)14-5-4-8-20(14)16(21)17-10-13-7-6-12(2)19(13)3/h6-7,9,14H,4-5,8,10H2,1-3H3,(H,17,21)/t14-/m0/s1. The topological polar surface area (TPSA) is 63.3 Å². The van der Waals surface area contributed by atoms with Crippen LogP contribution in [-0.2, 0) is 13.6 Å². The quantitative estimate of drug-likeness (QED) is 0.948. The number of amides is 2. The molecular weight excluding hydrogens is 280 g/mol. The van der Waals surface area contributed by atoms with Gasteiger partial charge in [-0.05, 0) is 38.8 Å². The molecule has 0 radical (unpaired) electrons. The number of likely N-dealkylation sites (tertiary alicyclic amines) is 1. The highest BCUT2D eigenvalue weighted by Crippen LogP contribution is 2.32. The molecule has 0 aliphatic carbocycles. The number of nitrogens with one attached hydrogen (secondary N) is 1. The first kappa shape index (κ1) is 14.7. The number of nitrogens with zero attached hydrogens (tertiary/aromatic N) is 3. The van der Waals surface area contributed by atoms with Gasteiger partial charge in [0.15, 0.2) is 5.76 Å². The van der Waals surface area contributed by atoms with Gasteiger partial charge in [-0.1, -0.05) is 5.16 Å².